The lowest BCUT2D eigenvalue weighted by Gasteiger charge is -2.10. The number of carbonyl (C=O) groups excluding carboxylic acids is 1. The molecule has 8 nitrogen and oxygen atoms in total. The summed E-state index contributed by atoms with van der Waals surface area (Å²) in [7, 11) is -4.78. The number of rotatable bonds is 5. The maximum atomic E-state index is 12.9. The summed E-state index contributed by atoms with van der Waals surface area (Å²) < 4.78 is 34.8. The Morgan fingerprint density at radius 2 is 2.25 bits per heavy atom. The number of halogens is 1. The number of amides is 1. The van der Waals surface area contributed by atoms with Gasteiger partial charge in [0.15, 0.2) is 4.34 Å². The highest BCUT2D eigenvalue weighted by Crippen LogP contribution is 2.31. The van der Waals surface area contributed by atoms with E-state index in [0.29, 0.717) is 4.34 Å². The summed E-state index contributed by atoms with van der Waals surface area (Å²) in [6, 6.07) is 0. The largest absolute Gasteiger partial charge is 0.481 e. The van der Waals surface area contributed by atoms with Crippen LogP contribution in [0.4, 0.5) is 9.02 Å². The summed E-state index contributed by atoms with van der Waals surface area (Å²) in [5.74, 6) is -1.78. The molecule has 1 aliphatic rings. The second kappa shape index (κ2) is 5.61. The van der Waals surface area contributed by atoms with E-state index >= 15 is 0 Å². The van der Waals surface area contributed by atoms with Gasteiger partial charge in [-0.25, -0.2) is 0 Å². The van der Waals surface area contributed by atoms with E-state index in [4.69, 9.17) is 5.11 Å². The van der Waals surface area contributed by atoms with E-state index in [0.717, 1.165) is 28.0 Å². The fourth-order valence-electron chi connectivity index (χ4n) is 1.54. The predicted molar refractivity (Wildman–Crippen MR) is 69.1 cm³/mol. The first kappa shape index (κ1) is 15.1. The van der Waals surface area contributed by atoms with Gasteiger partial charge < -0.3 is 5.11 Å². The Hall–Kier alpha value is -1.27. The minimum Gasteiger partial charge on any atom is -0.481 e. The van der Waals surface area contributed by atoms with Crippen LogP contribution in [-0.4, -0.2) is 53.1 Å². The number of carboxylic acid groups (broad SMARTS) is 1. The van der Waals surface area contributed by atoms with Gasteiger partial charge in [-0.2, -0.15) is 8.42 Å². The van der Waals surface area contributed by atoms with Crippen LogP contribution in [0.25, 0.3) is 0 Å². The third-order valence-electron chi connectivity index (χ3n) is 2.43. The Labute approximate surface area is 121 Å². The van der Waals surface area contributed by atoms with Crippen molar-refractivity contribution in [2.75, 3.05) is 17.2 Å². The molecular formula is C8H8FN3O5S3. The van der Waals surface area contributed by atoms with Crippen LogP contribution in [0.5, 0.6) is 0 Å². The fraction of sp³-hybridized carbons (Fsp3) is 0.500. The zero-order chi connectivity index (χ0) is 14.9. The van der Waals surface area contributed by atoms with Crippen LogP contribution >= 0.6 is 23.1 Å². The molecule has 1 N–H and O–H groups in total. The number of aliphatic carboxylic acids is 1. The predicted octanol–water partition coefficient (Wildman–Crippen LogP) is 0.119. The number of carboxylic acids is 1. The lowest BCUT2D eigenvalue weighted by Crippen LogP contribution is -2.26. The molecule has 0 aromatic carbocycles. The second-order valence-corrected chi connectivity index (χ2v) is 7.64. The summed E-state index contributed by atoms with van der Waals surface area (Å²) >= 11 is 1.88. The minimum atomic E-state index is -4.78. The molecule has 2 rings (SSSR count). The zero-order valence-electron chi connectivity index (χ0n) is 9.72. The molecule has 0 aliphatic carbocycles. The molecule has 1 aliphatic heterocycles. The lowest BCUT2D eigenvalue weighted by atomic mass is 10.4. The van der Waals surface area contributed by atoms with Gasteiger partial charge in [0.1, 0.15) is 5.25 Å². The van der Waals surface area contributed by atoms with Crippen LogP contribution in [0.1, 0.15) is 6.42 Å². The molecule has 0 saturated carbocycles. The third-order valence-corrected chi connectivity index (χ3v) is 5.61. The van der Waals surface area contributed by atoms with Crippen molar-refractivity contribution in [1.29, 1.82) is 0 Å². The van der Waals surface area contributed by atoms with E-state index in [1.807, 2.05) is 0 Å². The zero-order valence-corrected chi connectivity index (χ0v) is 12.2. The van der Waals surface area contributed by atoms with E-state index in [1.54, 1.807) is 0 Å². The van der Waals surface area contributed by atoms with Crippen LogP contribution in [0.2, 0.25) is 0 Å². The van der Waals surface area contributed by atoms with Crippen molar-refractivity contribution in [2.45, 2.75) is 16.0 Å². The van der Waals surface area contributed by atoms with Crippen LogP contribution in [-0.2, 0) is 19.8 Å². The first-order valence-electron chi connectivity index (χ1n) is 5.19. The average molecular weight is 341 g/mol. The molecule has 0 bridgehead atoms. The number of hydrogen-bond donors (Lipinski definition) is 1. The van der Waals surface area contributed by atoms with E-state index in [-0.39, 0.29) is 17.4 Å². The Balaban J connectivity index is 2.09. The first-order chi connectivity index (χ1) is 9.27. The monoisotopic (exact) mass is 341 g/mol. The summed E-state index contributed by atoms with van der Waals surface area (Å²) in [5.41, 5.74) is 0. The quantitative estimate of drug-likeness (QED) is 0.456. The Bertz CT molecular complexity index is 646. The average Bonchev–Trinajstić information content (AvgIpc) is 2.91. The molecule has 1 atom stereocenters. The Morgan fingerprint density at radius 3 is 2.80 bits per heavy atom. The molecule has 1 aromatic heterocycles. The topological polar surface area (TPSA) is 118 Å². The molecule has 1 unspecified atom stereocenters. The SMILES string of the molecule is O=C(O)CSc1nnc(N2CC(S(=O)(=O)F)CC2=O)s1. The maximum Gasteiger partial charge on any atom is 0.313 e. The number of hydrogen-bond acceptors (Lipinski definition) is 8. The highest BCUT2D eigenvalue weighted by Gasteiger charge is 2.40. The van der Waals surface area contributed by atoms with Gasteiger partial charge in [-0.1, -0.05) is 23.1 Å². The van der Waals surface area contributed by atoms with E-state index in [1.165, 1.54) is 0 Å². The molecule has 1 amide bonds. The molecule has 2 heterocycles. The van der Waals surface area contributed by atoms with Crippen molar-refractivity contribution in [3.8, 4) is 0 Å². The molecular weight excluding hydrogens is 333 g/mol. The molecule has 110 valence electrons. The van der Waals surface area contributed by atoms with Gasteiger partial charge in [0.2, 0.25) is 11.0 Å². The normalized spacial score (nSPS) is 19.6. The highest BCUT2D eigenvalue weighted by molar-refractivity contribution is 8.01. The standard InChI is InChI=1S/C8H8FN3O5S3/c9-20(16,17)4-1-5(13)12(2-4)7-10-11-8(19-7)18-3-6(14)15/h4H,1-3H2,(H,14,15). The Morgan fingerprint density at radius 1 is 1.55 bits per heavy atom. The first-order valence-corrected chi connectivity index (χ1v) is 8.44. The molecule has 1 fully saturated rings. The van der Waals surface area contributed by atoms with Crippen LogP contribution in [0.15, 0.2) is 4.34 Å². The number of anilines is 1. The van der Waals surface area contributed by atoms with Crippen molar-refractivity contribution in [3.05, 3.63) is 0 Å². The second-order valence-electron chi connectivity index (χ2n) is 3.84. The van der Waals surface area contributed by atoms with Crippen molar-refractivity contribution in [2.24, 2.45) is 0 Å². The van der Waals surface area contributed by atoms with Gasteiger partial charge in [-0.3, -0.25) is 14.5 Å². The van der Waals surface area contributed by atoms with Gasteiger partial charge >= 0.3 is 16.2 Å². The number of carbonyl (C=O) groups is 2. The van der Waals surface area contributed by atoms with Crippen molar-refractivity contribution in [3.63, 3.8) is 0 Å². The molecule has 0 radical (unpaired) electrons. The van der Waals surface area contributed by atoms with Crippen molar-refractivity contribution in [1.82, 2.24) is 10.2 Å². The van der Waals surface area contributed by atoms with E-state index < -0.39 is 33.8 Å². The fourth-order valence-corrected chi connectivity index (χ4v) is 3.80. The number of thioether (sulfide) groups is 1. The minimum absolute atomic E-state index is 0.133. The van der Waals surface area contributed by atoms with Crippen molar-refractivity contribution >= 4 is 50.3 Å². The van der Waals surface area contributed by atoms with Gasteiger partial charge in [0.05, 0.1) is 5.75 Å². The summed E-state index contributed by atoms with van der Waals surface area (Å²) in [5, 5.41) is 14.6. The van der Waals surface area contributed by atoms with E-state index in [2.05, 4.69) is 10.2 Å². The summed E-state index contributed by atoms with van der Waals surface area (Å²) in [6.07, 6.45) is -0.435. The van der Waals surface area contributed by atoms with Gasteiger partial charge in [-0.15, -0.1) is 14.1 Å². The van der Waals surface area contributed by atoms with Crippen LogP contribution in [0.3, 0.4) is 0 Å². The highest BCUT2D eigenvalue weighted by atomic mass is 32.3. The van der Waals surface area contributed by atoms with Crippen LogP contribution in [0, 0.1) is 0 Å². The maximum absolute atomic E-state index is 12.9. The van der Waals surface area contributed by atoms with Gasteiger partial charge in [-0.05, 0) is 0 Å². The van der Waals surface area contributed by atoms with Crippen LogP contribution < -0.4 is 4.90 Å². The summed E-state index contributed by atoms with van der Waals surface area (Å²) in [6.45, 7) is -0.310. The number of nitrogens with zero attached hydrogens (tertiary/aromatic N) is 3. The molecule has 1 aromatic rings. The lowest BCUT2D eigenvalue weighted by molar-refractivity contribution is -0.133. The molecule has 1 saturated heterocycles. The van der Waals surface area contributed by atoms with Gasteiger partial charge in [0.25, 0.3) is 0 Å². The third kappa shape index (κ3) is 3.43. The summed E-state index contributed by atoms with van der Waals surface area (Å²) in [4.78, 5) is 23.1. The molecule has 12 heteroatoms. The van der Waals surface area contributed by atoms with Gasteiger partial charge in [0, 0.05) is 13.0 Å². The molecule has 20 heavy (non-hydrogen) atoms. The smallest absolute Gasteiger partial charge is 0.313 e. The molecule has 0 spiro atoms. The number of aromatic nitrogens is 2. The van der Waals surface area contributed by atoms with E-state index in [9.17, 15) is 21.9 Å². The van der Waals surface area contributed by atoms with Crippen molar-refractivity contribution < 1.29 is 27.0 Å². The Kier molecular flexibility index (Phi) is 4.25.